The van der Waals surface area contributed by atoms with E-state index in [1.165, 1.54) is 16.7 Å². The number of carboxylic acids is 1. The largest absolute Gasteiger partial charge is 0.480 e. The molecule has 0 aromatic heterocycles. The Morgan fingerprint density at radius 2 is 2.07 bits per heavy atom. The highest BCUT2D eigenvalue weighted by Gasteiger charge is 2.48. The van der Waals surface area contributed by atoms with Crippen LogP contribution in [0, 0.1) is 0 Å². The number of piperidine rings is 1. The number of nitrogens with zero attached hydrogens (tertiary/aromatic N) is 2. The van der Waals surface area contributed by atoms with Crippen LogP contribution in [0.1, 0.15) is 19.8 Å². The maximum atomic E-state index is 11.7. The molecule has 2 aliphatic rings. The van der Waals surface area contributed by atoms with Crippen molar-refractivity contribution in [2.24, 2.45) is 0 Å². The normalized spacial score (nSPS) is 29.5. The summed E-state index contributed by atoms with van der Waals surface area (Å²) >= 11 is 0. The zero-order valence-electron chi connectivity index (χ0n) is 8.34. The zero-order chi connectivity index (χ0) is 11.2. The number of urea groups is 1. The van der Waals surface area contributed by atoms with Gasteiger partial charge in [-0.1, -0.05) is 0 Å². The summed E-state index contributed by atoms with van der Waals surface area (Å²) in [5.74, 6) is -1.30. The number of amides is 3. The van der Waals surface area contributed by atoms with Gasteiger partial charge in [-0.3, -0.25) is 9.69 Å². The van der Waals surface area contributed by atoms with Crippen LogP contribution in [0.5, 0.6) is 0 Å². The number of hydrogen-bond acceptors (Lipinski definition) is 3. The van der Waals surface area contributed by atoms with Gasteiger partial charge in [0.25, 0.3) is 0 Å². The molecule has 0 aliphatic carbocycles. The number of fused-ring (bicyclic) bond motifs is 2. The first-order valence-corrected chi connectivity index (χ1v) is 4.85. The van der Waals surface area contributed by atoms with Crippen molar-refractivity contribution in [3.63, 3.8) is 0 Å². The van der Waals surface area contributed by atoms with E-state index in [1.54, 1.807) is 0 Å². The van der Waals surface area contributed by atoms with Gasteiger partial charge < -0.3 is 10.0 Å². The lowest BCUT2D eigenvalue weighted by Gasteiger charge is -2.27. The van der Waals surface area contributed by atoms with E-state index in [9.17, 15) is 14.4 Å². The molecule has 15 heavy (non-hydrogen) atoms. The first-order valence-electron chi connectivity index (χ1n) is 4.85. The average molecular weight is 212 g/mol. The fraction of sp³-hybridized carbons (Fsp3) is 0.667. The minimum Gasteiger partial charge on any atom is -0.480 e. The van der Waals surface area contributed by atoms with Crippen molar-refractivity contribution in [3.8, 4) is 0 Å². The third kappa shape index (κ3) is 1.36. The SMILES string of the molecule is CC(=O)N1C(=O)N2CC1CCC2C(=O)O. The van der Waals surface area contributed by atoms with Crippen LogP contribution in [0.15, 0.2) is 0 Å². The summed E-state index contributed by atoms with van der Waals surface area (Å²) in [6.07, 6.45) is 1.01. The fourth-order valence-electron chi connectivity index (χ4n) is 2.32. The number of carboxylic acid groups (broad SMARTS) is 1. The highest BCUT2D eigenvalue weighted by atomic mass is 16.4. The number of rotatable bonds is 1. The Hall–Kier alpha value is -1.59. The second-order valence-electron chi connectivity index (χ2n) is 3.91. The Bertz CT molecular complexity index is 341. The molecule has 0 aromatic carbocycles. The number of carbonyl (C=O) groups is 3. The molecule has 0 saturated carbocycles. The molecule has 2 saturated heterocycles. The minimum atomic E-state index is -0.993. The van der Waals surface area contributed by atoms with E-state index >= 15 is 0 Å². The Labute approximate surface area is 86.4 Å². The lowest BCUT2D eigenvalue weighted by molar-refractivity contribution is -0.142. The Kier molecular flexibility index (Phi) is 2.13. The first-order chi connectivity index (χ1) is 7.02. The van der Waals surface area contributed by atoms with Gasteiger partial charge in [-0.25, -0.2) is 9.59 Å². The molecule has 2 atom stereocenters. The van der Waals surface area contributed by atoms with Gasteiger partial charge in [0, 0.05) is 13.5 Å². The van der Waals surface area contributed by atoms with Gasteiger partial charge in [0.2, 0.25) is 5.91 Å². The molecule has 2 aliphatic heterocycles. The lowest BCUT2D eigenvalue weighted by atomic mass is 10.0. The highest BCUT2D eigenvalue weighted by molar-refractivity contribution is 5.97. The maximum absolute atomic E-state index is 11.7. The molecule has 0 spiro atoms. The summed E-state index contributed by atoms with van der Waals surface area (Å²) < 4.78 is 0. The van der Waals surface area contributed by atoms with Gasteiger partial charge in [0.15, 0.2) is 0 Å². The summed E-state index contributed by atoms with van der Waals surface area (Å²) in [6, 6.07) is -1.36. The molecular formula is C9H12N2O4. The molecular weight excluding hydrogens is 200 g/mol. The Morgan fingerprint density at radius 1 is 1.40 bits per heavy atom. The third-order valence-corrected chi connectivity index (χ3v) is 3.00. The van der Waals surface area contributed by atoms with E-state index < -0.39 is 18.0 Å². The van der Waals surface area contributed by atoms with Crippen molar-refractivity contribution in [1.29, 1.82) is 0 Å². The van der Waals surface area contributed by atoms with E-state index in [1.807, 2.05) is 0 Å². The molecule has 82 valence electrons. The predicted octanol–water partition coefficient (Wildman–Crippen LogP) is -0.114. The summed E-state index contributed by atoms with van der Waals surface area (Å²) in [6.45, 7) is 1.69. The van der Waals surface area contributed by atoms with Crippen LogP contribution in [0.4, 0.5) is 4.79 Å². The van der Waals surface area contributed by atoms with Crippen molar-refractivity contribution < 1.29 is 19.5 Å². The van der Waals surface area contributed by atoms with Gasteiger partial charge in [-0.05, 0) is 12.8 Å². The van der Waals surface area contributed by atoms with Gasteiger partial charge in [0.05, 0.1) is 6.04 Å². The van der Waals surface area contributed by atoms with Crippen LogP contribution < -0.4 is 0 Å². The standard InChI is InChI=1S/C9H12N2O4/c1-5(12)11-6-2-3-7(8(13)14)10(4-6)9(11)15/h6-7H,2-4H2,1H3,(H,13,14). The van der Waals surface area contributed by atoms with Gasteiger partial charge in [-0.15, -0.1) is 0 Å². The second kappa shape index (κ2) is 3.22. The quantitative estimate of drug-likeness (QED) is 0.657. The summed E-state index contributed by atoms with van der Waals surface area (Å²) in [5, 5.41) is 8.90. The summed E-state index contributed by atoms with van der Waals surface area (Å²) in [5.41, 5.74) is 0. The van der Waals surface area contributed by atoms with Crippen molar-refractivity contribution in [2.45, 2.75) is 31.8 Å². The van der Waals surface area contributed by atoms with Crippen molar-refractivity contribution in [2.75, 3.05) is 6.54 Å². The van der Waals surface area contributed by atoms with Gasteiger partial charge in [-0.2, -0.15) is 0 Å². The van der Waals surface area contributed by atoms with Gasteiger partial charge in [0.1, 0.15) is 6.04 Å². The van der Waals surface area contributed by atoms with E-state index in [2.05, 4.69) is 0 Å². The van der Waals surface area contributed by atoms with Crippen molar-refractivity contribution in [1.82, 2.24) is 9.80 Å². The fourth-order valence-corrected chi connectivity index (χ4v) is 2.32. The molecule has 2 heterocycles. The molecule has 2 bridgehead atoms. The first kappa shape index (κ1) is 9.95. The summed E-state index contributed by atoms with van der Waals surface area (Å²) in [4.78, 5) is 36.2. The van der Waals surface area contributed by atoms with E-state index in [4.69, 9.17) is 5.11 Å². The predicted molar refractivity (Wildman–Crippen MR) is 49.1 cm³/mol. The molecule has 1 N–H and O–H groups in total. The van der Waals surface area contributed by atoms with Crippen LogP contribution in [-0.2, 0) is 9.59 Å². The third-order valence-electron chi connectivity index (χ3n) is 3.00. The molecule has 0 radical (unpaired) electrons. The van der Waals surface area contributed by atoms with Crippen LogP contribution in [0.3, 0.4) is 0 Å². The van der Waals surface area contributed by atoms with E-state index in [-0.39, 0.29) is 11.9 Å². The topological polar surface area (TPSA) is 77.9 Å². The number of aliphatic carboxylic acids is 1. The summed E-state index contributed by atoms with van der Waals surface area (Å²) in [7, 11) is 0. The highest BCUT2D eigenvalue weighted by Crippen LogP contribution is 2.29. The second-order valence-corrected chi connectivity index (χ2v) is 3.91. The number of imide groups is 1. The van der Waals surface area contributed by atoms with Crippen molar-refractivity contribution in [3.05, 3.63) is 0 Å². The maximum Gasteiger partial charge on any atom is 0.327 e. The minimum absolute atomic E-state index is 0.134. The van der Waals surface area contributed by atoms with Crippen LogP contribution in [0.2, 0.25) is 0 Å². The van der Waals surface area contributed by atoms with Crippen LogP contribution in [0.25, 0.3) is 0 Å². The van der Waals surface area contributed by atoms with Crippen molar-refractivity contribution >= 4 is 17.9 Å². The molecule has 6 nitrogen and oxygen atoms in total. The van der Waals surface area contributed by atoms with Crippen LogP contribution in [-0.4, -0.2) is 51.4 Å². The monoisotopic (exact) mass is 212 g/mol. The average Bonchev–Trinajstić information content (AvgIpc) is 2.39. The molecule has 2 fully saturated rings. The number of carbonyl (C=O) groups excluding carboxylic acids is 2. The molecule has 6 heteroatoms. The van der Waals surface area contributed by atoms with E-state index in [0.29, 0.717) is 19.4 Å². The molecule has 0 aromatic rings. The number of hydrogen-bond donors (Lipinski definition) is 1. The van der Waals surface area contributed by atoms with E-state index in [0.717, 1.165) is 0 Å². The lowest BCUT2D eigenvalue weighted by Crippen LogP contribution is -2.45. The molecule has 2 rings (SSSR count). The Morgan fingerprint density at radius 3 is 2.60 bits per heavy atom. The molecule has 3 amide bonds. The Balaban J connectivity index is 2.25. The zero-order valence-corrected chi connectivity index (χ0v) is 8.34. The smallest absolute Gasteiger partial charge is 0.327 e. The molecule has 2 unspecified atom stereocenters. The van der Waals surface area contributed by atoms with Gasteiger partial charge >= 0.3 is 12.0 Å². The van der Waals surface area contributed by atoms with Crippen LogP contribution >= 0.6 is 0 Å².